The Morgan fingerprint density at radius 1 is 1.22 bits per heavy atom. The van der Waals surface area contributed by atoms with Crippen LogP contribution in [0.3, 0.4) is 0 Å². The van der Waals surface area contributed by atoms with E-state index in [1.54, 1.807) is 25.3 Å². The molecule has 27 heavy (non-hydrogen) atoms. The van der Waals surface area contributed by atoms with E-state index in [4.69, 9.17) is 9.47 Å². The van der Waals surface area contributed by atoms with Crippen molar-refractivity contribution in [3.63, 3.8) is 0 Å². The van der Waals surface area contributed by atoms with Gasteiger partial charge in [-0.1, -0.05) is 12.1 Å². The molecular weight excluding hydrogens is 349 g/mol. The second-order valence-electron chi connectivity index (χ2n) is 6.37. The summed E-state index contributed by atoms with van der Waals surface area (Å²) in [6, 6.07) is 7.58. The lowest BCUT2D eigenvalue weighted by molar-refractivity contribution is -0.136. The summed E-state index contributed by atoms with van der Waals surface area (Å²) in [5.41, 5.74) is 2.96. The summed E-state index contributed by atoms with van der Waals surface area (Å²) in [6.45, 7) is 6.00. The second-order valence-corrected chi connectivity index (χ2v) is 6.37. The van der Waals surface area contributed by atoms with Gasteiger partial charge in [0, 0.05) is 30.1 Å². The van der Waals surface area contributed by atoms with Gasteiger partial charge in [-0.05, 0) is 50.6 Å². The van der Waals surface area contributed by atoms with Crippen molar-refractivity contribution in [1.29, 1.82) is 0 Å². The van der Waals surface area contributed by atoms with E-state index in [-0.39, 0.29) is 24.2 Å². The Morgan fingerprint density at radius 3 is 2.52 bits per heavy atom. The molecule has 0 spiro atoms. The van der Waals surface area contributed by atoms with Crippen molar-refractivity contribution in [3.8, 4) is 0 Å². The molecule has 2 aromatic rings. The number of esters is 1. The number of nitrogens with zero attached hydrogens (tertiary/aromatic N) is 1. The minimum Gasteiger partial charge on any atom is -0.454 e. The molecule has 144 valence electrons. The molecule has 0 saturated carbocycles. The third-order valence-corrected chi connectivity index (χ3v) is 4.26. The number of carbonyl (C=O) groups is 2. The monoisotopic (exact) mass is 373 g/mol. The van der Waals surface area contributed by atoms with Crippen molar-refractivity contribution in [3.05, 3.63) is 64.7 Å². The van der Waals surface area contributed by atoms with Gasteiger partial charge in [0.1, 0.15) is 5.82 Å². The summed E-state index contributed by atoms with van der Waals surface area (Å²) in [7, 11) is 1.63. The lowest BCUT2D eigenvalue weighted by atomic mass is 10.1. The quantitative estimate of drug-likeness (QED) is 0.400. The van der Waals surface area contributed by atoms with Crippen LogP contribution in [0.25, 0.3) is 6.08 Å². The van der Waals surface area contributed by atoms with Gasteiger partial charge >= 0.3 is 5.97 Å². The third kappa shape index (κ3) is 5.37. The van der Waals surface area contributed by atoms with E-state index in [0.29, 0.717) is 17.7 Å². The molecule has 1 heterocycles. The molecule has 0 aliphatic heterocycles. The number of carbonyl (C=O) groups excluding carboxylic acids is 2. The van der Waals surface area contributed by atoms with Gasteiger partial charge in [0.25, 0.3) is 0 Å². The van der Waals surface area contributed by atoms with Crippen LogP contribution in [0.4, 0.5) is 4.39 Å². The van der Waals surface area contributed by atoms with Crippen LogP contribution in [-0.2, 0) is 14.3 Å². The van der Waals surface area contributed by atoms with E-state index >= 15 is 0 Å². The van der Waals surface area contributed by atoms with Crippen molar-refractivity contribution in [1.82, 2.24) is 4.57 Å². The topological polar surface area (TPSA) is 57.5 Å². The number of ketones is 1. The Morgan fingerprint density at radius 2 is 1.89 bits per heavy atom. The highest BCUT2D eigenvalue weighted by Crippen LogP contribution is 2.21. The molecule has 2 rings (SSSR count). The van der Waals surface area contributed by atoms with Crippen molar-refractivity contribution in [2.45, 2.75) is 26.8 Å². The number of methoxy groups -OCH3 is 1. The Kier molecular flexibility index (Phi) is 7.07. The molecule has 0 aliphatic carbocycles. The number of aryl methyl sites for hydroxylation is 1. The van der Waals surface area contributed by atoms with Gasteiger partial charge in [-0.2, -0.15) is 0 Å². The lowest BCUT2D eigenvalue weighted by Crippen LogP contribution is -2.16. The summed E-state index contributed by atoms with van der Waals surface area (Å²) >= 11 is 0. The Balaban J connectivity index is 1.98. The molecule has 0 bridgehead atoms. The molecule has 1 atom stereocenters. The van der Waals surface area contributed by atoms with Crippen LogP contribution in [0.5, 0.6) is 0 Å². The molecule has 1 aromatic carbocycles. The second kappa shape index (κ2) is 9.28. The highest BCUT2D eigenvalue weighted by atomic mass is 19.1. The molecule has 0 aliphatic rings. The minimum atomic E-state index is -0.630. The van der Waals surface area contributed by atoms with E-state index in [0.717, 1.165) is 11.4 Å². The first kappa shape index (κ1) is 20.6. The Bertz CT molecular complexity index is 837. The van der Waals surface area contributed by atoms with E-state index in [9.17, 15) is 14.0 Å². The zero-order valence-corrected chi connectivity index (χ0v) is 16.0. The first-order valence-corrected chi connectivity index (χ1v) is 8.64. The largest absolute Gasteiger partial charge is 0.454 e. The molecule has 1 aromatic heterocycles. The maximum Gasteiger partial charge on any atom is 0.331 e. The predicted octanol–water partition coefficient (Wildman–Crippen LogP) is 3.89. The van der Waals surface area contributed by atoms with Crippen molar-refractivity contribution < 1.29 is 23.5 Å². The normalized spacial score (nSPS) is 12.3. The smallest absolute Gasteiger partial charge is 0.331 e. The fraction of sp³-hybridized carbons (Fsp3) is 0.333. The maximum absolute atomic E-state index is 12.8. The first-order chi connectivity index (χ1) is 12.8. The van der Waals surface area contributed by atoms with E-state index in [1.165, 1.54) is 24.3 Å². The van der Waals surface area contributed by atoms with Crippen LogP contribution < -0.4 is 0 Å². The van der Waals surface area contributed by atoms with Gasteiger partial charge in [-0.15, -0.1) is 0 Å². The van der Waals surface area contributed by atoms with Crippen LogP contribution in [-0.4, -0.2) is 36.6 Å². The van der Waals surface area contributed by atoms with Crippen LogP contribution in [0, 0.1) is 19.7 Å². The van der Waals surface area contributed by atoms with Crippen LogP contribution in [0.1, 0.15) is 40.3 Å². The number of halogens is 1. The Hall–Kier alpha value is -2.73. The Labute approximate surface area is 158 Å². The standard InChI is InChI=1S/C21H24FNO4/c1-14-11-19(16(3)23(14)15(2)12-26-4)20(24)13-27-21(25)10-7-17-5-8-18(22)9-6-17/h5-11,15H,12-13H2,1-4H3/b10-7+. The average Bonchev–Trinajstić information content (AvgIpc) is 2.93. The van der Waals surface area contributed by atoms with E-state index in [2.05, 4.69) is 0 Å². The van der Waals surface area contributed by atoms with Gasteiger partial charge in [0.15, 0.2) is 6.61 Å². The molecule has 6 heteroatoms. The molecule has 0 saturated heterocycles. The van der Waals surface area contributed by atoms with Crippen molar-refractivity contribution in [2.24, 2.45) is 0 Å². The minimum absolute atomic E-state index is 0.0951. The maximum atomic E-state index is 12.8. The van der Waals surface area contributed by atoms with Crippen molar-refractivity contribution >= 4 is 17.8 Å². The highest BCUT2D eigenvalue weighted by Gasteiger charge is 2.19. The van der Waals surface area contributed by atoms with E-state index < -0.39 is 5.97 Å². The summed E-state index contributed by atoms with van der Waals surface area (Å²) < 4.78 is 25.1. The fourth-order valence-corrected chi connectivity index (χ4v) is 3.05. The number of hydrogen-bond acceptors (Lipinski definition) is 4. The van der Waals surface area contributed by atoms with Gasteiger partial charge in [-0.25, -0.2) is 9.18 Å². The number of Topliss-reactive ketones (excluding diaryl/α,β-unsaturated/α-hetero) is 1. The van der Waals surface area contributed by atoms with Crippen molar-refractivity contribution in [2.75, 3.05) is 20.3 Å². The molecule has 0 radical (unpaired) electrons. The molecule has 0 N–H and O–H groups in total. The average molecular weight is 373 g/mol. The highest BCUT2D eigenvalue weighted by molar-refractivity contribution is 6.00. The van der Waals surface area contributed by atoms with Crippen LogP contribution in [0.2, 0.25) is 0 Å². The number of aromatic nitrogens is 1. The van der Waals surface area contributed by atoms with Gasteiger partial charge in [0.05, 0.1) is 12.6 Å². The van der Waals surface area contributed by atoms with Gasteiger partial charge in [0.2, 0.25) is 5.78 Å². The number of benzene rings is 1. The van der Waals surface area contributed by atoms with E-state index in [1.807, 2.05) is 25.3 Å². The first-order valence-electron chi connectivity index (χ1n) is 8.64. The molecular formula is C21H24FNO4. The summed E-state index contributed by atoms with van der Waals surface area (Å²) in [5.74, 6) is -1.24. The summed E-state index contributed by atoms with van der Waals surface area (Å²) in [4.78, 5) is 24.3. The number of ether oxygens (including phenoxy) is 2. The predicted molar refractivity (Wildman–Crippen MR) is 101 cm³/mol. The van der Waals surface area contributed by atoms with Gasteiger partial charge in [-0.3, -0.25) is 4.79 Å². The molecule has 0 amide bonds. The molecule has 5 nitrogen and oxygen atoms in total. The zero-order valence-electron chi connectivity index (χ0n) is 16.0. The SMILES string of the molecule is COCC(C)n1c(C)cc(C(=O)COC(=O)/C=C/c2ccc(F)cc2)c1C. The molecule has 0 fully saturated rings. The van der Waals surface area contributed by atoms with Gasteiger partial charge < -0.3 is 14.0 Å². The number of rotatable bonds is 8. The lowest BCUT2D eigenvalue weighted by Gasteiger charge is -2.17. The fourth-order valence-electron chi connectivity index (χ4n) is 3.05. The van der Waals surface area contributed by atoms with Crippen LogP contribution in [0.15, 0.2) is 36.4 Å². The zero-order chi connectivity index (χ0) is 20.0. The summed E-state index contributed by atoms with van der Waals surface area (Å²) in [6.07, 6.45) is 2.72. The number of hydrogen-bond donors (Lipinski definition) is 0. The third-order valence-electron chi connectivity index (χ3n) is 4.26. The summed E-state index contributed by atoms with van der Waals surface area (Å²) in [5, 5.41) is 0. The van der Waals surface area contributed by atoms with Crippen LogP contribution >= 0.6 is 0 Å². The molecule has 1 unspecified atom stereocenters.